The second-order valence-electron chi connectivity index (χ2n) is 3.62. The van der Waals surface area contributed by atoms with E-state index in [1.165, 1.54) is 6.07 Å². The van der Waals surface area contributed by atoms with Crippen LogP contribution in [0.15, 0.2) is 22.7 Å². The lowest BCUT2D eigenvalue weighted by atomic mass is 10.2. The fraction of sp³-hybridized carbons (Fsp3) is 0.273. The minimum Gasteiger partial charge on any atom is -0.504 e. The summed E-state index contributed by atoms with van der Waals surface area (Å²) >= 11 is 0. The molecule has 1 aromatic carbocycles. The van der Waals surface area contributed by atoms with Gasteiger partial charge in [-0.15, -0.1) is 0 Å². The van der Waals surface area contributed by atoms with E-state index in [0.29, 0.717) is 30.4 Å². The number of phenolic OH excluding ortho intramolecular Hbond substituents is 2. The molecule has 0 atom stereocenters. The van der Waals surface area contributed by atoms with E-state index in [1.807, 2.05) is 0 Å². The van der Waals surface area contributed by atoms with E-state index < -0.39 is 0 Å². The van der Waals surface area contributed by atoms with Gasteiger partial charge in [-0.05, 0) is 13.0 Å². The van der Waals surface area contributed by atoms with E-state index in [9.17, 15) is 10.2 Å². The number of rotatable bonds is 4. The minimum absolute atomic E-state index is 0.110. The number of phenols is 2. The first-order valence-corrected chi connectivity index (χ1v) is 5.16. The molecule has 17 heavy (non-hydrogen) atoms. The molecule has 0 radical (unpaired) electrons. The van der Waals surface area contributed by atoms with Crippen molar-refractivity contribution < 1.29 is 14.7 Å². The molecule has 0 spiro atoms. The Balaban J connectivity index is 1.92. The smallest absolute Gasteiger partial charge is 0.240 e. The van der Waals surface area contributed by atoms with Gasteiger partial charge in [0.15, 0.2) is 17.3 Å². The van der Waals surface area contributed by atoms with Crippen molar-refractivity contribution >= 4 is 0 Å². The number of aryl methyl sites for hydroxylation is 1. The number of aromatic hydroxyl groups is 2. The van der Waals surface area contributed by atoms with Gasteiger partial charge in [-0.25, -0.2) is 0 Å². The summed E-state index contributed by atoms with van der Waals surface area (Å²) in [6.45, 7) is 2.56. The molecule has 0 aliphatic heterocycles. The summed E-state index contributed by atoms with van der Waals surface area (Å²) in [6.07, 6.45) is 0. The maximum Gasteiger partial charge on any atom is 0.240 e. The highest BCUT2D eigenvalue weighted by Gasteiger charge is 2.06. The molecule has 90 valence electrons. The summed E-state index contributed by atoms with van der Waals surface area (Å²) in [4.78, 5) is 4.03. The highest BCUT2D eigenvalue weighted by molar-refractivity contribution is 5.44. The second-order valence-corrected chi connectivity index (χ2v) is 3.62. The van der Waals surface area contributed by atoms with Gasteiger partial charge >= 0.3 is 0 Å². The predicted molar refractivity (Wildman–Crippen MR) is 59.4 cm³/mol. The molecule has 0 bridgehead atoms. The van der Waals surface area contributed by atoms with Gasteiger partial charge in [0, 0.05) is 12.1 Å². The molecule has 0 aliphatic carbocycles. The summed E-state index contributed by atoms with van der Waals surface area (Å²) in [5, 5.41) is 25.5. The van der Waals surface area contributed by atoms with Crippen molar-refractivity contribution in [3.8, 4) is 11.5 Å². The van der Waals surface area contributed by atoms with Crippen molar-refractivity contribution in [2.45, 2.75) is 20.0 Å². The van der Waals surface area contributed by atoms with Crippen LogP contribution in [-0.4, -0.2) is 20.4 Å². The molecule has 6 nitrogen and oxygen atoms in total. The molecular weight excluding hydrogens is 222 g/mol. The fourth-order valence-corrected chi connectivity index (χ4v) is 1.44. The number of aromatic nitrogens is 2. The molecule has 2 aromatic rings. The zero-order chi connectivity index (χ0) is 12.3. The van der Waals surface area contributed by atoms with Crippen molar-refractivity contribution in [1.82, 2.24) is 15.5 Å². The fourth-order valence-electron chi connectivity index (χ4n) is 1.44. The molecule has 6 heteroatoms. The number of hydrogen-bond acceptors (Lipinski definition) is 6. The third kappa shape index (κ3) is 2.73. The Morgan fingerprint density at radius 1 is 1.29 bits per heavy atom. The van der Waals surface area contributed by atoms with Crippen LogP contribution < -0.4 is 5.32 Å². The average molecular weight is 235 g/mol. The Morgan fingerprint density at radius 3 is 2.82 bits per heavy atom. The zero-order valence-electron chi connectivity index (χ0n) is 9.34. The molecule has 0 unspecified atom stereocenters. The monoisotopic (exact) mass is 235 g/mol. The number of benzene rings is 1. The molecule has 0 aliphatic rings. The maximum atomic E-state index is 9.56. The summed E-state index contributed by atoms with van der Waals surface area (Å²) in [6, 6.07) is 4.82. The topological polar surface area (TPSA) is 91.4 Å². The van der Waals surface area contributed by atoms with Crippen LogP contribution in [0.4, 0.5) is 0 Å². The first-order valence-electron chi connectivity index (χ1n) is 5.16. The van der Waals surface area contributed by atoms with Crippen molar-refractivity contribution in [3.05, 3.63) is 35.5 Å². The molecule has 3 N–H and O–H groups in total. The van der Waals surface area contributed by atoms with Crippen molar-refractivity contribution in [2.24, 2.45) is 0 Å². The van der Waals surface area contributed by atoms with Crippen LogP contribution in [-0.2, 0) is 13.1 Å². The SMILES string of the molecule is Cc1noc(CNCc2cccc(O)c2O)n1. The van der Waals surface area contributed by atoms with Crippen LogP contribution in [0.3, 0.4) is 0 Å². The third-order valence-corrected chi connectivity index (χ3v) is 2.26. The van der Waals surface area contributed by atoms with Crippen LogP contribution in [0.5, 0.6) is 11.5 Å². The molecule has 1 heterocycles. The number of nitrogens with zero attached hydrogens (tertiary/aromatic N) is 2. The van der Waals surface area contributed by atoms with Crippen LogP contribution >= 0.6 is 0 Å². The van der Waals surface area contributed by atoms with Gasteiger partial charge in [-0.2, -0.15) is 4.98 Å². The number of hydrogen-bond donors (Lipinski definition) is 3. The summed E-state index contributed by atoms with van der Waals surface area (Å²) < 4.78 is 4.92. The molecule has 1 aromatic heterocycles. The van der Waals surface area contributed by atoms with E-state index in [1.54, 1.807) is 19.1 Å². The van der Waals surface area contributed by atoms with E-state index in [-0.39, 0.29) is 11.5 Å². The normalized spacial score (nSPS) is 10.6. The predicted octanol–water partition coefficient (Wildman–Crippen LogP) is 1.08. The van der Waals surface area contributed by atoms with Crippen LogP contribution in [0.25, 0.3) is 0 Å². The zero-order valence-corrected chi connectivity index (χ0v) is 9.34. The number of para-hydroxylation sites is 1. The van der Waals surface area contributed by atoms with Crippen molar-refractivity contribution in [3.63, 3.8) is 0 Å². The highest BCUT2D eigenvalue weighted by atomic mass is 16.5. The minimum atomic E-state index is -0.127. The lowest BCUT2D eigenvalue weighted by Crippen LogP contribution is -2.13. The first-order chi connectivity index (χ1) is 8.16. The standard InChI is InChI=1S/C11H13N3O3/c1-7-13-10(17-14-7)6-12-5-8-3-2-4-9(15)11(8)16/h2-4,12,15-16H,5-6H2,1H3. The van der Waals surface area contributed by atoms with Gasteiger partial charge in [0.25, 0.3) is 0 Å². The van der Waals surface area contributed by atoms with Gasteiger partial charge in [0.2, 0.25) is 5.89 Å². The first kappa shape index (κ1) is 11.4. The third-order valence-electron chi connectivity index (χ3n) is 2.26. The van der Waals surface area contributed by atoms with Gasteiger partial charge in [-0.1, -0.05) is 17.3 Å². The maximum absolute atomic E-state index is 9.56. The molecule has 2 rings (SSSR count). The lowest BCUT2D eigenvalue weighted by Gasteiger charge is -2.05. The lowest BCUT2D eigenvalue weighted by molar-refractivity contribution is 0.362. The van der Waals surface area contributed by atoms with E-state index in [4.69, 9.17) is 4.52 Å². The van der Waals surface area contributed by atoms with E-state index in [2.05, 4.69) is 15.5 Å². The quantitative estimate of drug-likeness (QED) is 0.687. The Morgan fingerprint density at radius 2 is 2.12 bits per heavy atom. The summed E-state index contributed by atoms with van der Waals surface area (Å²) in [5.74, 6) is 0.837. The summed E-state index contributed by atoms with van der Waals surface area (Å²) in [7, 11) is 0. The molecule has 0 amide bonds. The Labute approximate surface area is 97.9 Å². The largest absolute Gasteiger partial charge is 0.504 e. The highest BCUT2D eigenvalue weighted by Crippen LogP contribution is 2.27. The van der Waals surface area contributed by atoms with E-state index in [0.717, 1.165) is 0 Å². The van der Waals surface area contributed by atoms with Crippen LogP contribution in [0.2, 0.25) is 0 Å². The van der Waals surface area contributed by atoms with Crippen molar-refractivity contribution in [2.75, 3.05) is 0 Å². The van der Waals surface area contributed by atoms with E-state index >= 15 is 0 Å². The van der Waals surface area contributed by atoms with Crippen LogP contribution in [0.1, 0.15) is 17.3 Å². The van der Waals surface area contributed by atoms with Gasteiger partial charge in [-0.3, -0.25) is 0 Å². The molecule has 0 fully saturated rings. The van der Waals surface area contributed by atoms with Gasteiger partial charge in [0.1, 0.15) is 0 Å². The van der Waals surface area contributed by atoms with Crippen molar-refractivity contribution in [1.29, 1.82) is 0 Å². The van der Waals surface area contributed by atoms with Gasteiger partial charge in [0.05, 0.1) is 6.54 Å². The van der Waals surface area contributed by atoms with Gasteiger partial charge < -0.3 is 20.1 Å². The Bertz CT molecular complexity index is 510. The molecular formula is C11H13N3O3. The van der Waals surface area contributed by atoms with Crippen LogP contribution in [0, 0.1) is 6.92 Å². The second kappa shape index (κ2) is 4.84. The molecule has 0 saturated heterocycles. The Hall–Kier alpha value is -2.08. The number of nitrogens with one attached hydrogen (secondary N) is 1. The molecule has 0 saturated carbocycles. The Kier molecular flexibility index (Phi) is 3.24. The summed E-state index contributed by atoms with van der Waals surface area (Å²) in [5.41, 5.74) is 0.612. The average Bonchev–Trinajstić information content (AvgIpc) is 2.70.